The predicted molar refractivity (Wildman–Crippen MR) is 112 cm³/mol. The fourth-order valence-electron chi connectivity index (χ4n) is 4.82. The molecule has 2 aliphatic rings. The maximum absolute atomic E-state index is 12.7. The average molecular weight is 432 g/mol. The van der Waals surface area contributed by atoms with Crippen LogP contribution in [0.5, 0.6) is 5.75 Å². The number of amides is 2. The first-order valence-electron chi connectivity index (χ1n) is 11.2. The number of hydrogen-bond acceptors (Lipinski definition) is 5. The van der Waals surface area contributed by atoms with E-state index in [9.17, 15) is 19.5 Å². The van der Waals surface area contributed by atoms with Crippen LogP contribution >= 0.6 is 0 Å². The maximum atomic E-state index is 12.7. The van der Waals surface area contributed by atoms with Crippen LogP contribution in [-0.4, -0.2) is 62.0 Å². The van der Waals surface area contributed by atoms with Gasteiger partial charge in [-0.2, -0.15) is 0 Å². The molecule has 0 bridgehead atoms. The quantitative estimate of drug-likeness (QED) is 0.512. The number of piperidine rings is 2. The van der Waals surface area contributed by atoms with Crippen molar-refractivity contribution in [2.75, 3.05) is 39.3 Å². The van der Waals surface area contributed by atoms with Crippen molar-refractivity contribution in [1.29, 1.82) is 0 Å². The van der Waals surface area contributed by atoms with Crippen LogP contribution in [0.4, 0.5) is 0 Å². The first-order chi connectivity index (χ1) is 14.9. The highest BCUT2D eigenvalue weighted by Gasteiger charge is 2.33. The number of carbonyl (C=O) groups is 3. The van der Waals surface area contributed by atoms with Crippen molar-refractivity contribution in [3.8, 4) is 5.75 Å². The molecule has 1 aromatic rings. The van der Waals surface area contributed by atoms with E-state index in [1.54, 1.807) is 4.90 Å². The van der Waals surface area contributed by atoms with Crippen molar-refractivity contribution in [2.45, 2.75) is 32.1 Å². The molecule has 2 aliphatic heterocycles. The molecule has 3 rings (SSSR count). The molecule has 0 saturated carbocycles. The van der Waals surface area contributed by atoms with Gasteiger partial charge in [0.1, 0.15) is 5.75 Å². The van der Waals surface area contributed by atoms with Gasteiger partial charge in [0.15, 0.2) is 6.61 Å². The number of ether oxygens (including phenoxy) is 1. The molecule has 2 amide bonds. The number of nitrogens with zero attached hydrogens (tertiary/aromatic N) is 1. The molecule has 1 aromatic carbocycles. The molecule has 0 aliphatic carbocycles. The third kappa shape index (κ3) is 6.95. The lowest BCUT2D eigenvalue weighted by Crippen LogP contribution is -3.13. The van der Waals surface area contributed by atoms with Gasteiger partial charge in [-0.3, -0.25) is 9.59 Å². The molecule has 0 spiro atoms. The van der Waals surface area contributed by atoms with E-state index in [1.807, 2.05) is 30.3 Å². The second-order valence-corrected chi connectivity index (χ2v) is 8.79. The summed E-state index contributed by atoms with van der Waals surface area (Å²) in [7, 11) is 0. The second kappa shape index (κ2) is 11.1. The van der Waals surface area contributed by atoms with Crippen LogP contribution in [0, 0.1) is 17.8 Å². The van der Waals surface area contributed by atoms with Gasteiger partial charge in [-0.05, 0) is 36.8 Å². The van der Waals surface area contributed by atoms with Gasteiger partial charge in [0.05, 0.1) is 19.6 Å². The van der Waals surface area contributed by atoms with Crippen molar-refractivity contribution in [3.63, 3.8) is 0 Å². The average Bonchev–Trinajstić information content (AvgIpc) is 2.77. The molecular weight excluding hydrogens is 398 g/mol. The minimum atomic E-state index is -1.03. The standard InChI is InChI=1S/C23H33N3O5/c24-23(30)17-6-10-25(11-7-17)12-8-19-15-26(13-9-18(19)14-22(28)29)21(27)16-31-20-4-2-1-3-5-20/h1-5,17-19H,6-16H2,(H2,24,30)(H,28,29)/t18-,19-/m0/s1. The van der Waals surface area contributed by atoms with Gasteiger partial charge in [0, 0.05) is 44.2 Å². The summed E-state index contributed by atoms with van der Waals surface area (Å²) in [6, 6.07) is 9.23. The number of aliphatic carboxylic acids is 1. The number of hydrogen-bond donors (Lipinski definition) is 2. The van der Waals surface area contributed by atoms with E-state index in [1.165, 1.54) is 4.90 Å². The van der Waals surface area contributed by atoms with E-state index in [4.69, 9.17) is 10.5 Å². The molecule has 2 fully saturated rings. The maximum Gasteiger partial charge on any atom is 0.260 e. The Balaban J connectivity index is 1.51. The molecule has 170 valence electrons. The Bertz CT molecular complexity index is 749. The molecule has 8 nitrogen and oxygen atoms in total. The van der Waals surface area contributed by atoms with Crippen molar-refractivity contribution in [2.24, 2.45) is 23.5 Å². The van der Waals surface area contributed by atoms with E-state index in [0.29, 0.717) is 25.3 Å². The lowest BCUT2D eigenvalue weighted by molar-refractivity contribution is -0.906. The van der Waals surface area contributed by atoms with Gasteiger partial charge in [0.25, 0.3) is 5.91 Å². The number of primary amides is 1. The smallest absolute Gasteiger partial charge is 0.260 e. The van der Waals surface area contributed by atoms with E-state index in [-0.39, 0.29) is 42.6 Å². The normalized spacial score (nSPS) is 26.3. The van der Waals surface area contributed by atoms with E-state index < -0.39 is 5.97 Å². The number of nitrogens with two attached hydrogens (primary N) is 1. The number of nitrogens with one attached hydrogen (secondary N) is 1. The number of carbonyl (C=O) groups excluding carboxylic acids is 3. The Kier molecular flexibility index (Phi) is 8.28. The van der Waals surface area contributed by atoms with Gasteiger partial charge < -0.3 is 30.2 Å². The van der Waals surface area contributed by atoms with Gasteiger partial charge >= 0.3 is 0 Å². The third-order valence-corrected chi connectivity index (χ3v) is 6.74. The largest absolute Gasteiger partial charge is 0.550 e. The summed E-state index contributed by atoms with van der Waals surface area (Å²) >= 11 is 0. The summed E-state index contributed by atoms with van der Waals surface area (Å²) in [4.78, 5) is 38.5. The number of carboxylic acid groups (broad SMARTS) is 1. The summed E-state index contributed by atoms with van der Waals surface area (Å²) < 4.78 is 5.59. The summed E-state index contributed by atoms with van der Waals surface area (Å²) in [6.45, 7) is 3.78. The Labute approximate surface area is 183 Å². The van der Waals surface area contributed by atoms with Crippen LogP contribution < -0.4 is 20.5 Å². The zero-order chi connectivity index (χ0) is 22.2. The summed E-state index contributed by atoms with van der Waals surface area (Å²) in [5.74, 6) is -0.552. The predicted octanol–water partition coefficient (Wildman–Crippen LogP) is -1.16. The minimum absolute atomic E-state index is 0.0200. The number of para-hydroxylation sites is 1. The van der Waals surface area contributed by atoms with Crippen LogP contribution in [0.2, 0.25) is 0 Å². The third-order valence-electron chi connectivity index (χ3n) is 6.74. The highest BCUT2D eigenvalue weighted by molar-refractivity contribution is 5.78. The Morgan fingerprint density at radius 1 is 1.10 bits per heavy atom. The van der Waals surface area contributed by atoms with Crippen molar-refractivity contribution in [3.05, 3.63) is 30.3 Å². The van der Waals surface area contributed by atoms with Crippen LogP contribution in [0.3, 0.4) is 0 Å². The molecule has 3 N–H and O–H groups in total. The molecule has 0 aromatic heterocycles. The number of likely N-dealkylation sites (tertiary alicyclic amines) is 2. The SMILES string of the molecule is NC(=O)C1CC[NH+](CC[C@H]2CN(C(=O)COc3ccccc3)CC[C@H]2CC(=O)[O-])CC1. The molecule has 2 saturated heterocycles. The van der Waals surface area contributed by atoms with Crippen LogP contribution in [0.25, 0.3) is 0 Å². The Morgan fingerprint density at radius 2 is 1.81 bits per heavy atom. The molecular formula is C23H33N3O5. The first kappa shape index (κ1) is 23.1. The zero-order valence-corrected chi connectivity index (χ0v) is 18.0. The van der Waals surface area contributed by atoms with Crippen LogP contribution in [0.1, 0.15) is 32.1 Å². The summed E-state index contributed by atoms with van der Waals surface area (Å²) in [5.41, 5.74) is 5.42. The zero-order valence-electron chi connectivity index (χ0n) is 18.0. The monoisotopic (exact) mass is 431 g/mol. The highest BCUT2D eigenvalue weighted by atomic mass is 16.5. The van der Waals surface area contributed by atoms with E-state index in [2.05, 4.69) is 0 Å². The van der Waals surface area contributed by atoms with Gasteiger partial charge in [0.2, 0.25) is 5.91 Å². The van der Waals surface area contributed by atoms with Crippen LogP contribution in [-0.2, 0) is 14.4 Å². The van der Waals surface area contributed by atoms with Crippen molar-refractivity contribution < 1.29 is 29.1 Å². The fourth-order valence-corrected chi connectivity index (χ4v) is 4.82. The molecule has 2 atom stereocenters. The van der Waals surface area contributed by atoms with Gasteiger partial charge in [-0.25, -0.2) is 0 Å². The number of quaternary nitrogens is 1. The number of benzene rings is 1. The van der Waals surface area contributed by atoms with E-state index in [0.717, 1.165) is 38.9 Å². The number of rotatable bonds is 9. The lowest BCUT2D eigenvalue weighted by atomic mass is 9.81. The van der Waals surface area contributed by atoms with Gasteiger partial charge in [-0.1, -0.05) is 18.2 Å². The molecule has 0 radical (unpaired) electrons. The summed E-state index contributed by atoms with van der Waals surface area (Å²) in [5, 5.41) is 11.2. The van der Waals surface area contributed by atoms with Crippen molar-refractivity contribution in [1.82, 2.24) is 4.90 Å². The molecule has 31 heavy (non-hydrogen) atoms. The lowest BCUT2D eigenvalue weighted by Gasteiger charge is -2.39. The van der Waals surface area contributed by atoms with Crippen molar-refractivity contribution >= 4 is 17.8 Å². The minimum Gasteiger partial charge on any atom is -0.550 e. The van der Waals surface area contributed by atoms with E-state index >= 15 is 0 Å². The first-order valence-corrected chi connectivity index (χ1v) is 11.2. The fraction of sp³-hybridized carbons (Fsp3) is 0.609. The number of carboxylic acids is 1. The molecule has 2 heterocycles. The molecule has 0 unspecified atom stereocenters. The Hall–Kier alpha value is -2.61. The van der Waals surface area contributed by atoms with Gasteiger partial charge in [-0.15, -0.1) is 0 Å². The van der Waals surface area contributed by atoms with Crippen LogP contribution in [0.15, 0.2) is 30.3 Å². The Morgan fingerprint density at radius 3 is 2.45 bits per heavy atom. The molecule has 8 heteroatoms. The summed E-state index contributed by atoms with van der Waals surface area (Å²) in [6.07, 6.45) is 3.15. The topological polar surface area (TPSA) is 117 Å². The second-order valence-electron chi connectivity index (χ2n) is 8.79. The highest BCUT2D eigenvalue weighted by Crippen LogP contribution is 2.29.